The van der Waals surface area contributed by atoms with Crippen molar-refractivity contribution in [2.75, 3.05) is 19.0 Å². The first-order chi connectivity index (χ1) is 7.81. The van der Waals surface area contributed by atoms with E-state index in [2.05, 4.69) is 9.97 Å². The number of aromatic nitrogens is 2. The maximum atomic E-state index is 12.0. The van der Waals surface area contributed by atoms with Crippen LogP contribution in [-0.4, -0.2) is 39.7 Å². The molecule has 1 fully saturated rings. The molecule has 1 aliphatic rings. The molecule has 0 bridgehead atoms. The second-order valence-electron chi connectivity index (χ2n) is 4.00. The van der Waals surface area contributed by atoms with Crippen LogP contribution in [0.25, 0.3) is 0 Å². The van der Waals surface area contributed by atoms with E-state index in [1.54, 1.807) is 6.20 Å². The summed E-state index contributed by atoms with van der Waals surface area (Å²) in [6, 6.07) is 0. The van der Waals surface area contributed by atoms with Crippen molar-refractivity contribution in [1.82, 2.24) is 14.9 Å². The molecule has 0 aliphatic carbocycles. The van der Waals surface area contributed by atoms with Crippen LogP contribution in [0.3, 0.4) is 0 Å². The predicted molar refractivity (Wildman–Crippen MR) is 61.4 cm³/mol. The molecular formula is C11H14ClN3O. The molecule has 0 radical (unpaired) electrons. The fraction of sp³-hybridized carbons (Fsp3) is 0.545. The van der Waals surface area contributed by atoms with Gasteiger partial charge in [-0.15, -0.1) is 11.6 Å². The summed E-state index contributed by atoms with van der Waals surface area (Å²) in [4.78, 5) is 21.8. The van der Waals surface area contributed by atoms with Gasteiger partial charge in [-0.3, -0.25) is 9.78 Å². The molecule has 0 saturated carbocycles. The monoisotopic (exact) mass is 239 g/mol. The van der Waals surface area contributed by atoms with Gasteiger partial charge in [-0.2, -0.15) is 0 Å². The van der Waals surface area contributed by atoms with E-state index >= 15 is 0 Å². The van der Waals surface area contributed by atoms with Crippen LogP contribution in [0, 0.1) is 5.92 Å². The molecule has 1 aromatic heterocycles. The molecule has 1 unspecified atom stereocenters. The lowest BCUT2D eigenvalue weighted by Crippen LogP contribution is -2.40. The lowest BCUT2D eigenvalue weighted by Gasteiger charge is -2.31. The molecule has 86 valence electrons. The number of alkyl halides is 1. The first-order valence-electron chi connectivity index (χ1n) is 5.42. The number of likely N-dealkylation sites (tertiary alicyclic amines) is 1. The maximum absolute atomic E-state index is 12.0. The SMILES string of the molecule is O=C(c1cnccn1)N1CCCC(CCl)C1. The Hall–Kier alpha value is -1.16. The Balaban J connectivity index is 2.05. The summed E-state index contributed by atoms with van der Waals surface area (Å²) in [6.07, 6.45) is 6.73. The Bertz CT molecular complexity index is 358. The van der Waals surface area contributed by atoms with Gasteiger partial charge < -0.3 is 4.90 Å². The highest BCUT2D eigenvalue weighted by Gasteiger charge is 2.24. The third kappa shape index (κ3) is 2.50. The number of carbonyl (C=O) groups is 1. The summed E-state index contributed by atoms with van der Waals surface area (Å²) in [5.41, 5.74) is 0.415. The van der Waals surface area contributed by atoms with E-state index in [1.165, 1.54) is 12.4 Å². The van der Waals surface area contributed by atoms with E-state index in [1.807, 2.05) is 4.90 Å². The van der Waals surface area contributed by atoms with Crippen LogP contribution >= 0.6 is 11.6 Å². The number of amides is 1. The van der Waals surface area contributed by atoms with Crippen molar-refractivity contribution in [3.63, 3.8) is 0 Å². The van der Waals surface area contributed by atoms with E-state index in [0.29, 0.717) is 17.5 Å². The normalized spacial score (nSPS) is 20.8. The van der Waals surface area contributed by atoms with E-state index in [4.69, 9.17) is 11.6 Å². The average molecular weight is 240 g/mol. The van der Waals surface area contributed by atoms with Crippen molar-refractivity contribution >= 4 is 17.5 Å². The van der Waals surface area contributed by atoms with Crippen molar-refractivity contribution in [2.45, 2.75) is 12.8 Å². The van der Waals surface area contributed by atoms with Crippen LogP contribution in [0.1, 0.15) is 23.3 Å². The fourth-order valence-corrected chi connectivity index (χ4v) is 2.20. The largest absolute Gasteiger partial charge is 0.337 e. The Kier molecular flexibility index (Phi) is 3.72. The van der Waals surface area contributed by atoms with Gasteiger partial charge >= 0.3 is 0 Å². The lowest BCUT2D eigenvalue weighted by atomic mass is 10.00. The quantitative estimate of drug-likeness (QED) is 0.736. The molecule has 1 saturated heterocycles. The number of carbonyl (C=O) groups excluding carboxylic acids is 1. The summed E-state index contributed by atoms with van der Waals surface area (Å²) in [5, 5.41) is 0. The minimum Gasteiger partial charge on any atom is -0.337 e. The van der Waals surface area contributed by atoms with Gasteiger partial charge in [0.1, 0.15) is 5.69 Å². The molecule has 4 nitrogen and oxygen atoms in total. The highest BCUT2D eigenvalue weighted by Crippen LogP contribution is 2.18. The number of piperidine rings is 1. The number of halogens is 1. The zero-order chi connectivity index (χ0) is 11.4. The zero-order valence-electron chi connectivity index (χ0n) is 8.97. The maximum Gasteiger partial charge on any atom is 0.274 e. The third-order valence-corrected chi connectivity index (χ3v) is 3.24. The van der Waals surface area contributed by atoms with E-state index in [-0.39, 0.29) is 5.91 Å². The van der Waals surface area contributed by atoms with Gasteiger partial charge in [0.05, 0.1) is 6.20 Å². The van der Waals surface area contributed by atoms with Crippen LogP contribution in [0.5, 0.6) is 0 Å². The predicted octanol–water partition coefficient (Wildman–Crippen LogP) is 1.57. The topological polar surface area (TPSA) is 46.1 Å². The van der Waals surface area contributed by atoms with Crippen molar-refractivity contribution < 1.29 is 4.79 Å². The van der Waals surface area contributed by atoms with Gasteiger partial charge in [0, 0.05) is 31.4 Å². The van der Waals surface area contributed by atoms with Gasteiger partial charge in [0.15, 0.2) is 0 Å². The van der Waals surface area contributed by atoms with Crippen LogP contribution in [-0.2, 0) is 0 Å². The summed E-state index contributed by atoms with van der Waals surface area (Å²) >= 11 is 5.83. The Morgan fingerprint density at radius 3 is 3.12 bits per heavy atom. The van der Waals surface area contributed by atoms with Crippen molar-refractivity contribution in [3.8, 4) is 0 Å². The Morgan fingerprint density at radius 1 is 1.56 bits per heavy atom. The minimum absolute atomic E-state index is 0.0390. The molecule has 0 aromatic carbocycles. The van der Waals surface area contributed by atoms with E-state index in [9.17, 15) is 4.79 Å². The van der Waals surface area contributed by atoms with Gasteiger partial charge in [0.25, 0.3) is 5.91 Å². The van der Waals surface area contributed by atoms with Crippen LogP contribution < -0.4 is 0 Å². The number of hydrogen-bond donors (Lipinski definition) is 0. The molecular weight excluding hydrogens is 226 g/mol. The van der Waals surface area contributed by atoms with E-state index in [0.717, 1.165) is 25.9 Å². The standard InChI is InChI=1S/C11H14ClN3O/c12-6-9-2-1-5-15(8-9)11(16)10-7-13-3-4-14-10/h3-4,7,9H,1-2,5-6,8H2. The number of rotatable bonds is 2. The molecule has 2 rings (SSSR count). The van der Waals surface area contributed by atoms with Crippen LogP contribution in [0.15, 0.2) is 18.6 Å². The molecule has 1 aliphatic heterocycles. The number of nitrogens with zero attached hydrogens (tertiary/aromatic N) is 3. The highest BCUT2D eigenvalue weighted by atomic mass is 35.5. The van der Waals surface area contributed by atoms with Crippen molar-refractivity contribution in [2.24, 2.45) is 5.92 Å². The minimum atomic E-state index is -0.0390. The molecule has 1 amide bonds. The summed E-state index contributed by atoms with van der Waals surface area (Å²) in [6.45, 7) is 1.53. The first kappa shape index (κ1) is 11.3. The molecule has 0 spiro atoms. The van der Waals surface area contributed by atoms with Crippen LogP contribution in [0.2, 0.25) is 0 Å². The summed E-state index contributed by atoms with van der Waals surface area (Å²) < 4.78 is 0. The van der Waals surface area contributed by atoms with Gasteiger partial charge in [-0.25, -0.2) is 4.98 Å². The smallest absolute Gasteiger partial charge is 0.274 e. The molecule has 5 heteroatoms. The van der Waals surface area contributed by atoms with Crippen molar-refractivity contribution in [3.05, 3.63) is 24.3 Å². The average Bonchev–Trinajstić information content (AvgIpc) is 2.39. The first-order valence-corrected chi connectivity index (χ1v) is 5.96. The fourth-order valence-electron chi connectivity index (χ4n) is 1.95. The summed E-state index contributed by atoms with van der Waals surface area (Å²) in [5.74, 6) is 0.989. The molecule has 1 aromatic rings. The number of hydrogen-bond acceptors (Lipinski definition) is 3. The van der Waals surface area contributed by atoms with Gasteiger partial charge in [-0.1, -0.05) is 0 Å². The van der Waals surface area contributed by atoms with Crippen LogP contribution in [0.4, 0.5) is 0 Å². The summed E-state index contributed by atoms with van der Waals surface area (Å²) in [7, 11) is 0. The second-order valence-corrected chi connectivity index (χ2v) is 4.31. The molecule has 0 N–H and O–H groups in total. The lowest BCUT2D eigenvalue weighted by molar-refractivity contribution is 0.0678. The van der Waals surface area contributed by atoms with E-state index < -0.39 is 0 Å². The molecule has 2 heterocycles. The molecule has 16 heavy (non-hydrogen) atoms. The van der Waals surface area contributed by atoms with Gasteiger partial charge in [-0.05, 0) is 18.8 Å². The van der Waals surface area contributed by atoms with Crippen molar-refractivity contribution in [1.29, 1.82) is 0 Å². The molecule has 1 atom stereocenters. The highest BCUT2D eigenvalue weighted by molar-refractivity contribution is 6.18. The third-order valence-electron chi connectivity index (χ3n) is 2.81. The van der Waals surface area contributed by atoms with Gasteiger partial charge in [0.2, 0.25) is 0 Å². The zero-order valence-corrected chi connectivity index (χ0v) is 9.73. The second kappa shape index (κ2) is 5.25. The Labute approximate surface area is 99.6 Å². The Morgan fingerprint density at radius 2 is 2.44 bits per heavy atom.